The molecule has 0 bridgehead atoms. The van der Waals surface area contributed by atoms with Crippen LogP contribution >= 0.6 is 0 Å². The Morgan fingerprint density at radius 1 is 1.46 bits per heavy atom. The van der Waals surface area contributed by atoms with Crippen LogP contribution in [0, 0.1) is 0 Å². The number of morpholine rings is 1. The molecule has 0 radical (unpaired) electrons. The summed E-state index contributed by atoms with van der Waals surface area (Å²) in [6.07, 6.45) is 3.04. The van der Waals surface area contributed by atoms with Gasteiger partial charge in [0.1, 0.15) is 11.9 Å². The van der Waals surface area contributed by atoms with Crippen LogP contribution < -0.4 is 10.2 Å². The highest BCUT2D eigenvalue weighted by atomic mass is 16.5. The minimum Gasteiger partial charge on any atom is -0.467 e. The van der Waals surface area contributed by atoms with E-state index in [9.17, 15) is 4.79 Å². The fourth-order valence-electron chi connectivity index (χ4n) is 2.46. The minimum atomic E-state index is -0.255. The van der Waals surface area contributed by atoms with Crippen molar-refractivity contribution >= 4 is 12.0 Å². The number of carbonyl (C=O) groups is 1. The lowest BCUT2D eigenvalue weighted by atomic mass is 10.2. The van der Waals surface area contributed by atoms with Crippen molar-refractivity contribution in [2.75, 3.05) is 38.7 Å². The van der Waals surface area contributed by atoms with Crippen molar-refractivity contribution in [3.05, 3.63) is 42.1 Å². The zero-order chi connectivity index (χ0) is 16.9. The minimum absolute atomic E-state index is 0.137. The number of hydrogen-bond acceptors (Lipinski definition) is 6. The van der Waals surface area contributed by atoms with E-state index >= 15 is 0 Å². The highest BCUT2D eigenvalue weighted by Gasteiger charge is 2.26. The molecule has 8 heteroatoms. The number of amides is 2. The fourth-order valence-corrected chi connectivity index (χ4v) is 2.46. The molecule has 2 aromatic heterocycles. The molecule has 128 valence electrons. The lowest BCUT2D eigenvalue weighted by molar-refractivity contribution is -0.0177. The SMILES string of the molecule is CN(C)c1nccc([C@@H]2CN(C(=O)NCc3ccco3)CCO2)n1. The summed E-state index contributed by atoms with van der Waals surface area (Å²) in [6, 6.07) is 5.30. The Balaban J connectivity index is 1.61. The van der Waals surface area contributed by atoms with E-state index in [-0.39, 0.29) is 12.1 Å². The van der Waals surface area contributed by atoms with Gasteiger partial charge < -0.3 is 24.3 Å². The van der Waals surface area contributed by atoms with Crippen molar-refractivity contribution in [1.29, 1.82) is 0 Å². The number of hydrogen-bond donors (Lipinski definition) is 1. The van der Waals surface area contributed by atoms with Crippen molar-refractivity contribution in [2.45, 2.75) is 12.6 Å². The number of anilines is 1. The number of rotatable bonds is 4. The molecule has 0 saturated carbocycles. The number of nitrogens with zero attached hydrogens (tertiary/aromatic N) is 4. The highest BCUT2D eigenvalue weighted by molar-refractivity contribution is 5.74. The summed E-state index contributed by atoms with van der Waals surface area (Å²) in [7, 11) is 3.77. The van der Waals surface area contributed by atoms with Gasteiger partial charge in [0.15, 0.2) is 0 Å². The molecular formula is C16H21N5O3. The van der Waals surface area contributed by atoms with Crippen LogP contribution in [0.2, 0.25) is 0 Å². The molecule has 3 heterocycles. The van der Waals surface area contributed by atoms with E-state index in [1.165, 1.54) is 0 Å². The monoisotopic (exact) mass is 331 g/mol. The molecule has 0 aromatic carbocycles. The average Bonchev–Trinajstić information content (AvgIpc) is 3.13. The van der Waals surface area contributed by atoms with Crippen molar-refractivity contribution in [2.24, 2.45) is 0 Å². The van der Waals surface area contributed by atoms with E-state index in [2.05, 4.69) is 15.3 Å². The Kier molecular flexibility index (Phi) is 4.95. The van der Waals surface area contributed by atoms with E-state index in [4.69, 9.17) is 9.15 Å². The summed E-state index contributed by atoms with van der Waals surface area (Å²) in [4.78, 5) is 24.6. The number of ether oxygens (including phenoxy) is 1. The molecule has 1 saturated heterocycles. The molecule has 8 nitrogen and oxygen atoms in total. The average molecular weight is 331 g/mol. The van der Waals surface area contributed by atoms with E-state index in [1.54, 1.807) is 23.4 Å². The Morgan fingerprint density at radius 2 is 2.33 bits per heavy atom. The predicted molar refractivity (Wildman–Crippen MR) is 87.6 cm³/mol. The third kappa shape index (κ3) is 3.83. The van der Waals surface area contributed by atoms with Crippen molar-refractivity contribution in [3.63, 3.8) is 0 Å². The number of furan rings is 1. The molecule has 1 aliphatic heterocycles. The number of urea groups is 1. The van der Waals surface area contributed by atoms with Crippen molar-refractivity contribution < 1.29 is 13.9 Å². The lowest BCUT2D eigenvalue weighted by Gasteiger charge is -2.32. The third-order valence-corrected chi connectivity index (χ3v) is 3.74. The molecule has 1 fully saturated rings. The van der Waals surface area contributed by atoms with Crippen LogP contribution in [0.3, 0.4) is 0 Å². The second-order valence-corrected chi connectivity index (χ2v) is 5.72. The maximum absolute atomic E-state index is 12.3. The second-order valence-electron chi connectivity index (χ2n) is 5.72. The largest absolute Gasteiger partial charge is 0.467 e. The van der Waals surface area contributed by atoms with Crippen LogP contribution in [0.5, 0.6) is 0 Å². The molecule has 2 amide bonds. The number of aromatic nitrogens is 2. The van der Waals surface area contributed by atoms with Crippen molar-refractivity contribution in [1.82, 2.24) is 20.2 Å². The van der Waals surface area contributed by atoms with Gasteiger partial charge in [-0.1, -0.05) is 0 Å². The van der Waals surface area contributed by atoms with Gasteiger partial charge in [0.05, 0.1) is 31.7 Å². The van der Waals surface area contributed by atoms with Crippen LogP contribution in [0.1, 0.15) is 17.6 Å². The third-order valence-electron chi connectivity index (χ3n) is 3.74. The number of nitrogens with one attached hydrogen (secondary N) is 1. The van der Waals surface area contributed by atoms with Crippen LogP contribution in [0.25, 0.3) is 0 Å². The lowest BCUT2D eigenvalue weighted by Crippen LogP contribution is -2.47. The zero-order valence-electron chi connectivity index (χ0n) is 13.8. The summed E-state index contributed by atoms with van der Waals surface area (Å²) in [6.45, 7) is 1.84. The molecule has 1 N–H and O–H groups in total. The predicted octanol–water partition coefficient (Wildman–Crippen LogP) is 1.42. The van der Waals surface area contributed by atoms with Gasteiger partial charge in [0.25, 0.3) is 0 Å². The first-order valence-electron chi connectivity index (χ1n) is 7.80. The fraction of sp³-hybridized carbons (Fsp3) is 0.438. The summed E-state index contributed by atoms with van der Waals surface area (Å²) in [5, 5.41) is 2.85. The molecule has 3 rings (SSSR count). The Hall–Kier alpha value is -2.61. The second kappa shape index (κ2) is 7.31. The van der Waals surface area contributed by atoms with Gasteiger partial charge in [-0.2, -0.15) is 0 Å². The van der Waals surface area contributed by atoms with Crippen LogP contribution in [0.15, 0.2) is 35.1 Å². The number of carbonyl (C=O) groups excluding carboxylic acids is 1. The van der Waals surface area contributed by atoms with Gasteiger partial charge in [-0.25, -0.2) is 14.8 Å². The quantitative estimate of drug-likeness (QED) is 0.912. The first kappa shape index (κ1) is 16.3. The topological polar surface area (TPSA) is 83.7 Å². The van der Waals surface area contributed by atoms with E-state index in [0.717, 1.165) is 11.5 Å². The molecular weight excluding hydrogens is 310 g/mol. The molecule has 1 aliphatic rings. The first-order valence-corrected chi connectivity index (χ1v) is 7.80. The van der Waals surface area contributed by atoms with Crippen LogP contribution in [-0.2, 0) is 11.3 Å². The smallest absolute Gasteiger partial charge is 0.317 e. The zero-order valence-corrected chi connectivity index (χ0v) is 13.8. The summed E-state index contributed by atoms with van der Waals surface area (Å²) in [5.74, 6) is 1.34. The Morgan fingerprint density at radius 3 is 3.08 bits per heavy atom. The van der Waals surface area contributed by atoms with Gasteiger partial charge in [0.2, 0.25) is 5.95 Å². The van der Waals surface area contributed by atoms with E-state index in [0.29, 0.717) is 32.2 Å². The van der Waals surface area contributed by atoms with E-state index < -0.39 is 0 Å². The van der Waals surface area contributed by atoms with E-state index in [1.807, 2.05) is 31.1 Å². The summed E-state index contributed by atoms with van der Waals surface area (Å²) >= 11 is 0. The van der Waals surface area contributed by atoms with Gasteiger partial charge >= 0.3 is 6.03 Å². The Bertz CT molecular complexity index is 674. The van der Waals surface area contributed by atoms with Crippen LogP contribution in [0.4, 0.5) is 10.7 Å². The first-order chi connectivity index (χ1) is 11.6. The molecule has 2 aromatic rings. The van der Waals surface area contributed by atoms with Crippen molar-refractivity contribution in [3.8, 4) is 0 Å². The van der Waals surface area contributed by atoms with Gasteiger partial charge in [-0.05, 0) is 18.2 Å². The maximum Gasteiger partial charge on any atom is 0.317 e. The van der Waals surface area contributed by atoms with Crippen LogP contribution in [-0.4, -0.2) is 54.7 Å². The maximum atomic E-state index is 12.3. The summed E-state index contributed by atoms with van der Waals surface area (Å²) in [5.41, 5.74) is 0.775. The van der Waals surface area contributed by atoms with Gasteiger partial charge in [-0.15, -0.1) is 0 Å². The molecule has 0 aliphatic carbocycles. The van der Waals surface area contributed by atoms with Gasteiger partial charge in [-0.3, -0.25) is 0 Å². The standard InChI is InChI=1S/C16H21N5O3/c1-20(2)15-17-6-5-13(19-15)14-11-21(7-9-24-14)16(22)18-10-12-4-3-8-23-12/h3-6,8,14H,7,9-11H2,1-2H3,(H,18,22)/t14-/m0/s1. The van der Waals surface area contributed by atoms with Gasteiger partial charge in [0, 0.05) is 26.8 Å². The molecule has 0 unspecified atom stereocenters. The highest BCUT2D eigenvalue weighted by Crippen LogP contribution is 2.21. The summed E-state index contributed by atoms with van der Waals surface area (Å²) < 4.78 is 11.0. The molecule has 0 spiro atoms. The Labute approximate surface area is 140 Å². The molecule has 24 heavy (non-hydrogen) atoms. The molecule has 1 atom stereocenters. The normalized spacial score (nSPS) is 17.6.